The van der Waals surface area contributed by atoms with Crippen molar-refractivity contribution in [1.29, 1.82) is 0 Å². The molecule has 2 bridgehead atoms. The molecule has 4 aliphatic carbocycles. The van der Waals surface area contributed by atoms with Gasteiger partial charge in [-0.05, 0) is 60.8 Å². The Labute approximate surface area is 161 Å². The van der Waals surface area contributed by atoms with Gasteiger partial charge in [0.15, 0.2) is 0 Å². The van der Waals surface area contributed by atoms with E-state index < -0.39 is 0 Å². The number of aryl methyl sites for hydroxylation is 2. The van der Waals surface area contributed by atoms with Crippen molar-refractivity contribution < 1.29 is 4.79 Å². The molecule has 5 atom stereocenters. The van der Waals surface area contributed by atoms with Gasteiger partial charge >= 0.3 is 0 Å². The maximum atomic E-state index is 13.3. The van der Waals surface area contributed by atoms with Crippen LogP contribution in [0.2, 0.25) is 0 Å². The van der Waals surface area contributed by atoms with E-state index in [0.29, 0.717) is 17.8 Å². The zero-order valence-corrected chi connectivity index (χ0v) is 15.9. The minimum absolute atomic E-state index is 0.0306. The number of fused-ring (bicyclic) bond motifs is 1. The average Bonchev–Trinajstić information content (AvgIpc) is 2.70. The van der Waals surface area contributed by atoms with Gasteiger partial charge in [0.05, 0.1) is 0 Å². The summed E-state index contributed by atoms with van der Waals surface area (Å²) in [5, 5.41) is 3.24. The third-order valence-corrected chi connectivity index (χ3v) is 6.77. The third kappa shape index (κ3) is 2.58. The summed E-state index contributed by atoms with van der Waals surface area (Å²) >= 11 is 0. The highest BCUT2D eigenvalue weighted by molar-refractivity contribution is 5.94. The van der Waals surface area contributed by atoms with E-state index in [2.05, 4.69) is 79.9 Å². The van der Waals surface area contributed by atoms with Gasteiger partial charge in [0.1, 0.15) is 0 Å². The summed E-state index contributed by atoms with van der Waals surface area (Å²) in [4.78, 5) is 13.3. The Morgan fingerprint density at radius 1 is 0.963 bits per heavy atom. The first-order chi connectivity index (χ1) is 13.1. The molecule has 2 nitrogen and oxygen atoms in total. The first-order valence-electron chi connectivity index (χ1n) is 9.95. The summed E-state index contributed by atoms with van der Waals surface area (Å²) in [5.74, 6) is 1.87. The number of rotatable bonds is 2. The number of nitrogens with one attached hydrogen (secondary N) is 1. The normalized spacial score (nSPS) is 29.9. The van der Waals surface area contributed by atoms with E-state index in [9.17, 15) is 4.79 Å². The van der Waals surface area contributed by atoms with E-state index in [4.69, 9.17) is 0 Å². The molecule has 0 aromatic heterocycles. The first-order valence-corrected chi connectivity index (χ1v) is 9.95. The molecule has 0 aliphatic heterocycles. The number of hydrogen-bond acceptors (Lipinski definition) is 1. The number of benzene rings is 2. The number of carbonyl (C=O) groups excluding carboxylic acids is 1. The van der Waals surface area contributed by atoms with Crippen molar-refractivity contribution in [3.8, 4) is 0 Å². The first kappa shape index (κ1) is 16.6. The molecule has 0 saturated heterocycles. The summed E-state index contributed by atoms with van der Waals surface area (Å²) in [6, 6.07) is 15.0. The van der Waals surface area contributed by atoms with Crippen molar-refractivity contribution in [2.24, 2.45) is 17.8 Å². The van der Waals surface area contributed by atoms with Crippen LogP contribution in [0.5, 0.6) is 0 Å². The van der Waals surface area contributed by atoms with Gasteiger partial charge in [0, 0.05) is 17.5 Å². The minimum Gasteiger partial charge on any atom is -0.326 e. The molecule has 0 heterocycles. The van der Waals surface area contributed by atoms with Crippen LogP contribution in [0, 0.1) is 31.6 Å². The fraction of sp³-hybridized carbons (Fsp3) is 0.320. The van der Waals surface area contributed by atoms with Gasteiger partial charge in [-0.2, -0.15) is 0 Å². The molecular formula is C25H25NO. The fourth-order valence-electron chi connectivity index (χ4n) is 5.61. The molecule has 1 fully saturated rings. The van der Waals surface area contributed by atoms with Crippen LogP contribution in [-0.4, -0.2) is 5.91 Å². The molecule has 0 unspecified atom stereocenters. The highest BCUT2D eigenvalue weighted by atomic mass is 16.1. The van der Waals surface area contributed by atoms with E-state index in [-0.39, 0.29) is 17.7 Å². The molecule has 0 radical (unpaired) electrons. The summed E-state index contributed by atoms with van der Waals surface area (Å²) < 4.78 is 0. The lowest BCUT2D eigenvalue weighted by atomic mass is 9.51. The van der Waals surface area contributed by atoms with Gasteiger partial charge in [0.2, 0.25) is 5.91 Å². The molecule has 1 N–H and O–H groups in total. The number of allylic oxidation sites excluding steroid dienone is 4. The van der Waals surface area contributed by atoms with E-state index in [1.807, 2.05) is 6.07 Å². The van der Waals surface area contributed by atoms with Crippen LogP contribution in [0.4, 0.5) is 5.69 Å². The van der Waals surface area contributed by atoms with Gasteiger partial charge in [-0.1, -0.05) is 66.3 Å². The summed E-state index contributed by atoms with van der Waals surface area (Å²) in [7, 11) is 0. The van der Waals surface area contributed by atoms with Crippen molar-refractivity contribution in [3.63, 3.8) is 0 Å². The smallest absolute Gasteiger partial charge is 0.228 e. The lowest BCUT2D eigenvalue weighted by molar-refractivity contribution is -0.122. The van der Waals surface area contributed by atoms with Crippen LogP contribution in [0.3, 0.4) is 0 Å². The Balaban J connectivity index is 1.50. The molecule has 2 aromatic rings. The lowest BCUT2D eigenvalue weighted by Crippen LogP contribution is -2.46. The van der Waals surface area contributed by atoms with Crippen LogP contribution in [0.25, 0.3) is 0 Å². The van der Waals surface area contributed by atoms with Gasteiger partial charge in [-0.3, -0.25) is 4.79 Å². The number of carbonyl (C=O) groups is 1. The lowest BCUT2D eigenvalue weighted by Gasteiger charge is -2.52. The summed E-state index contributed by atoms with van der Waals surface area (Å²) in [6.45, 7) is 4.15. The molecule has 2 aromatic carbocycles. The Morgan fingerprint density at radius 2 is 1.70 bits per heavy atom. The number of hydrogen-bond donors (Lipinski definition) is 1. The van der Waals surface area contributed by atoms with E-state index in [1.165, 1.54) is 16.7 Å². The molecule has 0 spiro atoms. The summed E-state index contributed by atoms with van der Waals surface area (Å²) in [6.07, 6.45) is 9.96. The Hall–Kier alpha value is -2.61. The largest absolute Gasteiger partial charge is 0.326 e. The number of anilines is 1. The van der Waals surface area contributed by atoms with E-state index >= 15 is 0 Å². The van der Waals surface area contributed by atoms with E-state index in [0.717, 1.165) is 17.7 Å². The third-order valence-electron chi connectivity index (χ3n) is 6.77. The minimum atomic E-state index is 0.0306. The van der Waals surface area contributed by atoms with Crippen molar-refractivity contribution in [1.82, 2.24) is 0 Å². The maximum absolute atomic E-state index is 13.3. The predicted octanol–water partition coefficient (Wildman–Crippen LogP) is 5.50. The molecule has 1 amide bonds. The molecule has 27 heavy (non-hydrogen) atoms. The van der Waals surface area contributed by atoms with Crippen LogP contribution in [0.1, 0.15) is 40.5 Å². The highest BCUT2D eigenvalue weighted by Crippen LogP contribution is 2.59. The maximum Gasteiger partial charge on any atom is 0.228 e. The molecule has 4 aliphatic rings. The number of amides is 1. The summed E-state index contributed by atoms with van der Waals surface area (Å²) in [5.41, 5.74) is 6.13. The van der Waals surface area contributed by atoms with Crippen molar-refractivity contribution in [3.05, 3.63) is 89.0 Å². The van der Waals surface area contributed by atoms with Crippen molar-refractivity contribution in [2.75, 3.05) is 5.32 Å². The standard InChI is InChI=1S/C25H25NO/c1-15-11-12-23(16(2)13-15)26-25(27)22-14-21-17-7-3-5-9-19(17)24(22)20-10-6-4-8-18(20)21/h3-13,17,19,21-22,24H,14H2,1-2H3,(H,26,27)/t17-,19-,21-,22+,24-/m0/s1. The van der Waals surface area contributed by atoms with Gasteiger partial charge in [0.25, 0.3) is 0 Å². The zero-order valence-electron chi connectivity index (χ0n) is 15.9. The SMILES string of the molecule is Cc1ccc(NC(=O)[C@@H]2C[C@@H]3c4ccccc4[C@@H]2[C@H]2C=CC=C[C@@H]23)c(C)c1. The average molecular weight is 355 g/mol. The topological polar surface area (TPSA) is 29.1 Å². The van der Waals surface area contributed by atoms with Crippen molar-refractivity contribution in [2.45, 2.75) is 32.1 Å². The quantitative estimate of drug-likeness (QED) is 0.757. The second kappa shape index (κ2) is 6.23. The highest BCUT2D eigenvalue weighted by Gasteiger charge is 2.51. The predicted molar refractivity (Wildman–Crippen MR) is 110 cm³/mol. The van der Waals surface area contributed by atoms with Crippen LogP contribution < -0.4 is 5.32 Å². The molecular weight excluding hydrogens is 330 g/mol. The molecule has 2 heteroatoms. The Bertz CT molecular complexity index is 970. The van der Waals surface area contributed by atoms with Gasteiger partial charge in [-0.15, -0.1) is 0 Å². The molecule has 1 saturated carbocycles. The van der Waals surface area contributed by atoms with E-state index in [1.54, 1.807) is 0 Å². The monoisotopic (exact) mass is 355 g/mol. The van der Waals surface area contributed by atoms with Gasteiger partial charge in [-0.25, -0.2) is 0 Å². The van der Waals surface area contributed by atoms with Crippen LogP contribution in [-0.2, 0) is 4.79 Å². The molecule has 136 valence electrons. The zero-order chi connectivity index (χ0) is 18.5. The van der Waals surface area contributed by atoms with Crippen LogP contribution in [0.15, 0.2) is 66.8 Å². The Morgan fingerprint density at radius 3 is 2.48 bits per heavy atom. The van der Waals surface area contributed by atoms with Crippen LogP contribution >= 0.6 is 0 Å². The fourth-order valence-corrected chi connectivity index (χ4v) is 5.61. The van der Waals surface area contributed by atoms with Crippen molar-refractivity contribution >= 4 is 11.6 Å². The van der Waals surface area contributed by atoms with Gasteiger partial charge < -0.3 is 5.32 Å². The second-order valence-corrected chi connectivity index (χ2v) is 8.34. The molecule has 6 rings (SSSR count). The Kier molecular flexibility index (Phi) is 3.82. The second-order valence-electron chi connectivity index (χ2n) is 8.34.